The summed E-state index contributed by atoms with van der Waals surface area (Å²) in [6.45, 7) is 8.06. The molecule has 0 aliphatic rings. The molecule has 2 aromatic rings. The van der Waals surface area contributed by atoms with Gasteiger partial charge in [-0.25, -0.2) is 12.8 Å². The molecule has 3 N–H and O–H groups in total. The molecule has 0 saturated heterocycles. The van der Waals surface area contributed by atoms with Gasteiger partial charge in [0, 0.05) is 4.75 Å². The summed E-state index contributed by atoms with van der Waals surface area (Å²) < 4.78 is 48.5. The van der Waals surface area contributed by atoms with Gasteiger partial charge in [0.15, 0.2) is 0 Å². The summed E-state index contributed by atoms with van der Waals surface area (Å²) in [5, 5.41) is 10.6. The smallest absolute Gasteiger partial charge is 0.316 e. The van der Waals surface area contributed by atoms with E-state index in [1.165, 1.54) is 62.4 Å². The number of esters is 1. The van der Waals surface area contributed by atoms with Crippen LogP contribution in [0.4, 0.5) is 4.39 Å². The maximum atomic E-state index is 13.0. The van der Waals surface area contributed by atoms with Crippen molar-refractivity contribution in [3.63, 3.8) is 0 Å². The van der Waals surface area contributed by atoms with Gasteiger partial charge < -0.3 is 15.2 Å². The zero-order valence-electron chi connectivity index (χ0n) is 20.0. The third-order valence-electron chi connectivity index (χ3n) is 4.55. The van der Waals surface area contributed by atoms with Crippen LogP contribution in [0.25, 0.3) is 0 Å². The predicted molar refractivity (Wildman–Crippen MR) is 129 cm³/mol. The third-order valence-corrected chi connectivity index (χ3v) is 7.47. The molecule has 1 atom stereocenters. The number of hydrogen-bond acceptors (Lipinski definition) is 8. The first-order valence-electron chi connectivity index (χ1n) is 10.4. The lowest BCUT2D eigenvalue weighted by Gasteiger charge is -2.35. The van der Waals surface area contributed by atoms with Crippen molar-refractivity contribution in [3.8, 4) is 11.5 Å². The van der Waals surface area contributed by atoms with Crippen LogP contribution >= 0.6 is 11.8 Å². The number of ether oxygens (including phenoxy) is 2. The van der Waals surface area contributed by atoms with Crippen LogP contribution in [0.5, 0.6) is 11.5 Å². The van der Waals surface area contributed by atoms with Crippen LogP contribution in [-0.2, 0) is 24.3 Å². The van der Waals surface area contributed by atoms with Crippen molar-refractivity contribution in [2.45, 2.75) is 55.9 Å². The molecule has 0 unspecified atom stereocenters. The molecular weight excluding hydrogens is 499 g/mol. The number of thioether (sulfide) groups is 1. The van der Waals surface area contributed by atoms with E-state index in [9.17, 15) is 27.6 Å². The Morgan fingerprint density at radius 1 is 1.03 bits per heavy atom. The monoisotopic (exact) mass is 528 g/mol. The van der Waals surface area contributed by atoms with Crippen LogP contribution in [0, 0.1) is 5.82 Å². The average molecular weight is 529 g/mol. The first-order valence-corrected chi connectivity index (χ1v) is 12.9. The van der Waals surface area contributed by atoms with E-state index in [-0.39, 0.29) is 20.9 Å². The van der Waals surface area contributed by atoms with Gasteiger partial charge in [0.1, 0.15) is 29.0 Å². The van der Waals surface area contributed by atoms with Crippen molar-refractivity contribution in [2.75, 3.05) is 5.75 Å². The number of nitrogens with zero attached hydrogens (tertiary/aromatic N) is 1. The molecule has 0 aliphatic heterocycles. The molecule has 0 spiro atoms. The van der Waals surface area contributed by atoms with E-state index in [0.29, 0.717) is 5.75 Å². The summed E-state index contributed by atoms with van der Waals surface area (Å²) in [7, 11) is -4.58. The van der Waals surface area contributed by atoms with E-state index in [2.05, 4.69) is 0 Å². The molecule has 192 valence electrons. The number of nitrogens with two attached hydrogens (primary N) is 1. The molecule has 0 bridgehead atoms. The minimum absolute atomic E-state index is 0.0900. The van der Waals surface area contributed by atoms with Gasteiger partial charge in [-0.1, -0.05) is 4.47 Å². The molecule has 2 aromatic carbocycles. The van der Waals surface area contributed by atoms with E-state index in [4.69, 9.17) is 15.2 Å². The number of sulfonamides is 1. The molecule has 0 aromatic heterocycles. The largest absolute Gasteiger partial charge is 0.459 e. The number of amides is 1. The van der Waals surface area contributed by atoms with Gasteiger partial charge in [-0.05, 0) is 83.1 Å². The summed E-state index contributed by atoms with van der Waals surface area (Å²) in [6, 6.07) is 8.57. The van der Waals surface area contributed by atoms with Gasteiger partial charge in [0.05, 0.1) is 10.6 Å². The Morgan fingerprint density at radius 2 is 1.51 bits per heavy atom. The lowest BCUT2D eigenvalue weighted by atomic mass is 10.0. The maximum Gasteiger partial charge on any atom is 0.316 e. The van der Waals surface area contributed by atoms with Crippen molar-refractivity contribution in [1.29, 1.82) is 0 Å². The number of carbonyl (C=O) groups is 2. The minimum Gasteiger partial charge on any atom is -0.459 e. The Morgan fingerprint density at radius 3 is 1.97 bits per heavy atom. The molecule has 2 rings (SSSR count). The summed E-state index contributed by atoms with van der Waals surface area (Å²) in [4.78, 5) is 24.0. The molecule has 0 saturated carbocycles. The average Bonchev–Trinajstić information content (AvgIpc) is 2.73. The van der Waals surface area contributed by atoms with Crippen molar-refractivity contribution in [2.24, 2.45) is 5.73 Å². The first kappa shape index (κ1) is 28.6. The Hall–Kier alpha value is -2.67. The lowest BCUT2D eigenvalue weighted by molar-refractivity contribution is -0.151. The van der Waals surface area contributed by atoms with Crippen LogP contribution < -0.4 is 10.5 Å². The topological polar surface area (TPSA) is 136 Å². The van der Waals surface area contributed by atoms with Gasteiger partial charge in [0.25, 0.3) is 10.0 Å². The number of benzene rings is 2. The molecule has 0 fully saturated rings. The standard InChI is InChI=1S/C23H29FN2O7S2/c1-22(2,3)33-19(27)14-34-23(4,5)20(21(25)28)26(29)35(30,31)18-12-10-17(11-13-18)32-16-8-6-15(24)7-9-16/h6-13,20,29H,14H2,1-5H3,(H2,25,28)/t20-/m0/s1. The highest BCUT2D eigenvalue weighted by molar-refractivity contribution is 8.01. The van der Waals surface area contributed by atoms with E-state index in [0.717, 1.165) is 11.8 Å². The summed E-state index contributed by atoms with van der Waals surface area (Å²) in [5.41, 5.74) is 4.73. The second kappa shape index (κ2) is 10.9. The number of hydroxylamine groups is 1. The van der Waals surface area contributed by atoms with Crippen LogP contribution in [0.15, 0.2) is 53.4 Å². The summed E-state index contributed by atoms with van der Waals surface area (Å²) in [5.74, 6) is -1.70. The van der Waals surface area contributed by atoms with Gasteiger partial charge >= 0.3 is 5.97 Å². The van der Waals surface area contributed by atoms with E-state index < -0.39 is 44.1 Å². The number of halogens is 1. The van der Waals surface area contributed by atoms with Crippen molar-refractivity contribution in [3.05, 3.63) is 54.3 Å². The van der Waals surface area contributed by atoms with Crippen molar-refractivity contribution >= 4 is 33.7 Å². The quantitative estimate of drug-likeness (QED) is 0.352. The SMILES string of the molecule is CC(C)(C)OC(=O)CSC(C)(C)[C@H](C(N)=O)N(O)S(=O)(=O)c1ccc(Oc2ccc(F)cc2)cc1. The van der Waals surface area contributed by atoms with Gasteiger partial charge in [0.2, 0.25) is 5.91 Å². The van der Waals surface area contributed by atoms with Crippen LogP contribution in [0.2, 0.25) is 0 Å². The van der Waals surface area contributed by atoms with Crippen molar-refractivity contribution in [1.82, 2.24) is 4.47 Å². The van der Waals surface area contributed by atoms with Crippen LogP contribution in [0.1, 0.15) is 34.6 Å². The van der Waals surface area contributed by atoms with Gasteiger partial charge in [-0.2, -0.15) is 0 Å². The van der Waals surface area contributed by atoms with Crippen LogP contribution in [-0.4, -0.2) is 52.1 Å². The highest BCUT2D eigenvalue weighted by Crippen LogP contribution is 2.34. The van der Waals surface area contributed by atoms with E-state index in [1.807, 2.05) is 0 Å². The second-order valence-electron chi connectivity index (χ2n) is 9.09. The fourth-order valence-corrected chi connectivity index (χ4v) is 5.31. The summed E-state index contributed by atoms with van der Waals surface area (Å²) in [6.07, 6.45) is 0. The highest BCUT2D eigenvalue weighted by atomic mass is 32.2. The highest BCUT2D eigenvalue weighted by Gasteiger charge is 2.45. The fourth-order valence-electron chi connectivity index (χ4n) is 2.98. The molecule has 35 heavy (non-hydrogen) atoms. The fraction of sp³-hybridized carbons (Fsp3) is 0.391. The number of hydrogen-bond donors (Lipinski definition) is 2. The predicted octanol–water partition coefficient (Wildman–Crippen LogP) is 3.71. The second-order valence-corrected chi connectivity index (χ2v) is 12.5. The van der Waals surface area contributed by atoms with Crippen molar-refractivity contribution < 1.29 is 37.1 Å². The molecule has 9 nitrogen and oxygen atoms in total. The number of rotatable bonds is 10. The minimum atomic E-state index is -4.58. The maximum absolute atomic E-state index is 13.0. The van der Waals surface area contributed by atoms with E-state index >= 15 is 0 Å². The molecule has 0 heterocycles. The van der Waals surface area contributed by atoms with Gasteiger partial charge in [-0.3, -0.25) is 14.8 Å². The van der Waals surface area contributed by atoms with Crippen LogP contribution in [0.3, 0.4) is 0 Å². The number of carbonyl (C=O) groups excluding carboxylic acids is 2. The Kier molecular flexibility index (Phi) is 8.93. The van der Waals surface area contributed by atoms with Gasteiger partial charge in [-0.15, -0.1) is 11.8 Å². The number of primary amides is 1. The lowest BCUT2D eigenvalue weighted by Crippen LogP contribution is -2.56. The van der Waals surface area contributed by atoms with E-state index in [1.54, 1.807) is 20.8 Å². The molecule has 1 amide bonds. The first-order chi connectivity index (χ1) is 16.0. The molecule has 0 aliphatic carbocycles. The Balaban J connectivity index is 2.20. The summed E-state index contributed by atoms with van der Waals surface area (Å²) >= 11 is 0.920. The Labute approximate surface area is 208 Å². The zero-order valence-corrected chi connectivity index (χ0v) is 21.7. The Bertz CT molecular complexity index is 1150. The molecule has 12 heteroatoms. The molecule has 0 radical (unpaired) electrons. The third kappa shape index (κ3) is 7.92. The normalized spacial score (nSPS) is 13.4. The zero-order chi connectivity index (χ0) is 26.6. The molecular formula is C23H29FN2O7S2.